The summed E-state index contributed by atoms with van der Waals surface area (Å²) in [6, 6.07) is 0. The fourth-order valence-electron chi connectivity index (χ4n) is 0.635. The Morgan fingerprint density at radius 1 is 1.75 bits per heavy atom. The Labute approximate surface area is 65.6 Å². The predicted octanol–water partition coefficient (Wildman–Crippen LogP) is -0.579. The number of rotatable bonds is 2. The van der Waals surface area contributed by atoms with E-state index in [1.807, 2.05) is 0 Å². The third kappa shape index (κ3) is 1.21. The summed E-state index contributed by atoms with van der Waals surface area (Å²) in [6.45, 7) is 0. The van der Waals surface area contributed by atoms with E-state index in [2.05, 4.69) is 10.1 Å². The summed E-state index contributed by atoms with van der Waals surface area (Å²) in [5.74, 6) is -2.52. The van der Waals surface area contributed by atoms with E-state index in [0.29, 0.717) is 0 Å². The topological polar surface area (TPSA) is 111 Å². The van der Waals surface area contributed by atoms with Crippen molar-refractivity contribution in [3.8, 4) is 0 Å². The summed E-state index contributed by atoms with van der Waals surface area (Å²) in [5.41, 5.74) is 0. The molecule has 1 aromatic heterocycles. The minimum atomic E-state index is -1.35. The largest absolute Gasteiger partial charge is 0.491 e. The molecule has 64 valence electrons. The average molecular weight is 172 g/mol. The molecule has 0 aliphatic rings. The number of aryl methyl sites for hydroxylation is 1. The van der Waals surface area contributed by atoms with E-state index < -0.39 is 22.7 Å². The molecule has 0 atom stereocenters. The van der Waals surface area contributed by atoms with Gasteiger partial charge in [-0.3, -0.25) is 0 Å². The minimum Gasteiger partial charge on any atom is -0.474 e. The van der Waals surface area contributed by atoms with Gasteiger partial charge in [0, 0.05) is 12.1 Å². The van der Waals surface area contributed by atoms with Gasteiger partial charge in [0.05, 0.1) is 0 Å². The zero-order valence-corrected chi connectivity index (χ0v) is 5.96. The Morgan fingerprint density at radius 3 is 2.58 bits per heavy atom. The molecule has 0 spiro atoms. The number of nitro groups is 1. The van der Waals surface area contributed by atoms with Crippen molar-refractivity contribution in [1.82, 2.24) is 14.8 Å². The summed E-state index contributed by atoms with van der Waals surface area (Å²) in [4.78, 5) is 22.7. The molecule has 0 unspecified atom stereocenters. The first-order chi connectivity index (χ1) is 5.52. The second-order valence-corrected chi connectivity index (χ2v) is 1.92. The molecule has 0 aliphatic carbocycles. The molecule has 12 heavy (non-hydrogen) atoms. The summed E-state index contributed by atoms with van der Waals surface area (Å²) in [5, 5.41) is 21.7. The van der Waals surface area contributed by atoms with Crippen LogP contribution in [0.15, 0.2) is 0 Å². The zero-order chi connectivity index (χ0) is 9.30. The molecule has 0 saturated heterocycles. The van der Waals surface area contributed by atoms with Crippen LogP contribution in [-0.4, -0.2) is 30.8 Å². The van der Waals surface area contributed by atoms with Crippen molar-refractivity contribution in [2.45, 2.75) is 0 Å². The molecule has 1 N–H and O–H groups in total. The standard InChI is InChI=1S/C4H4N4O4/c1-7-2(3(9)10)5-4(6-7)8(11)12/h1H3,(H,9,10). The summed E-state index contributed by atoms with van der Waals surface area (Å²) in [7, 11) is 1.27. The number of carbonyl (C=O) groups is 1. The SMILES string of the molecule is Cn1nc([N+](=O)[O-])nc1C(=O)O. The van der Waals surface area contributed by atoms with Crippen LogP contribution in [0.3, 0.4) is 0 Å². The van der Waals surface area contributed by atoms with E-state index in [9.17, 15) is 14.9 Å². The molecule has 0 bridgehead atoms. The third-order valence-electron chi connectivity index (χ3n) is 1.11. The quantitative estimate of drug-likeness (QED) is 0.471. The molecule has 1 rings (SSSR count). The Hall–Kier alpha value is -1.99. The highest BCUT2D eigenvalue weighted by Crippen LogP contribution is 2.03. The van der Waals surface area contributed by atoms with Crippen LogP contribution in [0.2, 0.25) is 0 Å². The average Bonchev–Trinajstić information content (AvgIpc) is 2.30. The lowest BCUT2D eigenvalue weighted by molar-refractivity contribution is -0.394. The number of carboxylic acid groups (broad SMARTS) is 1. The molecule has 0 aliphatic heterocycles. The van der Waals surface area contributed by atoms with E-state index in [1.54, 1.807) is 0 Å². The molecule has 0 aromatic carbocycles. The summed E-state index contributed by atoms with van der Waals surface area (Å²) in [6.07, 6.45) is 0. The lowest BCUT2D eigenvalue weighted by atomic mass is 10.6. The van der Waals surface area contributed by atoms with Crippen molar-refractivity contribution < 1.29 is 14.8 Å². The first-order valence-electron chi connectivity index (χ1n) is 2.81. The normalized spacial score (nSPS) is 9.75. The van der Waals surface area contributed by atoms with Crippen LogP contribution in [-0.2, 0) is 7.05 Å². The van der Waals surface area contributed by atoms with Crippen LogP contribution in [0.25, 0.3) is 0 Å². The van der Waals surface area contributed by atoms with Gasteiger partial charge < -0.3 is 15.2 Å². The van der Waals surface area contributed by atoms with Gasteiger partial charge in [0.1, 0.15) is 0 Å². The van der Waals surface area contributed by atoms with Gasteiger partial charge in [0.25, 0.3) is 0 Å². The van der Waals surface area contributed by atoms with Gasteiger partial charge in [-0.1, -0.05) is 0 Å². The minimum absolute atomic E-state index is 0.457. The molecule has 0 amide bonds. The van der Waals surface area contributed by atoms with Gasteiger partial charge >= 0.3 is 17.7 Å². The van der Waals surface area contributed by atoms with Crippen LogP contribution in [0.5, 0.6) is 0 Å². The van der Waals surface area contributed by atoms with E-state index in [0.717, 1.165) is 4.68 Å². The Kier molecular flexibility index (Phi) is 1.73. The first-order valence-corrected chi connectivity index (χ1v) is 2.81. The van der Waals surface area contributed by atoms with Crippen molar-refractivity contribution in [3.63, 3.8) is 0 Å². The second kappa shape index (κ2) is 2.57. The van der Waals surface area contributed by atoms with Crippen LogP contribution < -0.4 is 0 Å². The highest BCUT2D eigenvalue weighted by molar-refractivity contribution is 5.83. The molecule has 0 radical (unpaired) electrons. The first kappa shape index (κ1) is 8.11. The number of nitrogens with zero attached hydrogens (tertiary/aromatic N) is 4. The number of hydrogen-bond acceptors (Lipinski definition) is 5. The third-order valence-corrected chi connectivity index (χ3v) is 1.11. The van der Waals surface area contributed by atoms with Crippen molar-refractivity contribution in [2.75, 3.05) is 0 Å². The molecular formula is C4H4N4O4. The molecular weight excluding hydrogens is 168 g/mol. The second-order valence-electron chi connectivity index (χ2n) is 1.92. The molecule has 1 aromatic rings. The van der Waals surface area contributed by atoms with E-state index in [1.165, 1.54) is 7.05 Å². The van der Waals surface area contributed by atoms with E-state index >= 15 is 0 Å². The maximum Gasteiger partial charge on any atom is 0.491 e. The van der Waals surface area contributed by atoms with Gasteiger partial charge in [-0.25, -0.2) is 4.79 Å². The monoisotopic (exact) mass is 172 g/mol. The van der Waals surface area contributed by atoms with Gasteiger partial charge in [-0.05, 0) is 9.91 Å². The fraction of sp³-hybridized carbons (Fsp3) is 0.250. The lowest BCUT2D eigenvalue weighted by Gasteiger charge is -1.82. The predicted molar refractivity (Wildman–Crippen MR) is 34.6 cm³/mol. The summed E-state index contributed by atoms with van der Waals surface area (Å²) < 4.78 is 0.834. The maximum absolute atomic E-state index is 10.3. The van der Waals surface area contributed by atoms with E-state index in [-0.39, 0.29) is 0 Å². The van der Waals surface area contributed by atoms with Crippen LogP contribution in [0.4, 0.5) is 5.95 Å². The molecule has 0 fully saturated rings. The Bertz CT molecular complexity index is 343. The number of hydrogen-bond donors (Lipinski definition) is 1. The van der Waals surface area contributed by atoms with Crippen LogP contribution in [0, 0.1) is 10.1 Å². The van der Waals surface area contributed by atoms with Gasteiger partial charge in [-0.15, -0.1) is 0 Å². The number of carboxylic acids is 1. The molecule has 1 heterocycles. The van der Waals surface area contributed by atoms with Crippen molar-refractivity contribution in [1.29, 1.82) is 0 Å². The number of aromatic nitrogens is 3. The zero-order valence-electron chi connectivity index (χ0n) is 5.96. The van der Waals surface area contributed by atoms with Crippen molar-refractivity contribution >= 4 is 11.9 Å². The van der Waals surface area contributed by atoms with Gasteiger partial charge in [0.15, 0.2) is 0 Å². The van der Waals surface area contributed by atoms with Gasteiger partial charge in [-0.2, -0.15) is 4.68 Å². The van der Waals surface area contributed by atoms with Crippen LogP contribution >= 0.6 is 0 Å². The lowest BCUT2D eigenvalue weighted by Crippen LogP contribution is -2.06. The fourth-order valence-corrected chi connectivity index (χ4v) is 0.635. The van der Waals surface area contributed by atoms with Gasteiger partial charge in [0.2, 0.25) is 0 Å². The smallest absolute Gasteiger partial charge is 0.474 e. The van der Waals surface area contributed by atoms with Crippen molar-refractivity contribution in [3.05, 3.63) is 15.9 Å². The molecule has 0 saturated carbocycles. The van der Waals surface area contributed by atoms with E-state index in [4.69, 9.17) is 5.11 Å². The molecule has 8 heteroatoms. The molecule has 8 nitrogen and oxygen atoms in total. The Balaban J connectivity index is 3.17. The number of aromatic carboxylic acids is 1. The Morgan fingerprint density at radius 2 is 2.33 bits per heavy atom. The van der Waals surface area contributed by atoms with Crippen molar-refractivity contribution in [2.24, 2.45) is 7.05 Å². The summed E-state index contributed by atoms with van der Waals surface area (Å²) >= 11 is 0. The highest BCUT2D eigenvalue weighted by atomic mass is 16.6. The highest BCUT2D eigenvalue weighted by Gasteiger charge is 2.23. The van der Waals surface area contributed by atoms with Crippen LogP contribution in [0.1, 0.15) is 10.6 Å². The maximum atomic E-state index is 10.3.